The van der Waals surface area contributed by atoms with E-state index in [-0.39, 0.29) is 17.3 Å². The average molecular weight is 487 g/mol. The maximum absolute atomic E-state index is 13.1. The van der Waals surface area contributed by atoms with Crippen molar-refractivity contribution in [2.75, 3.05) is 57.8 Å². The van der Waals surface area contributed by atoms with Crippen LogP contribution in [0.15, 0.2) is 30.3 Å². The Kier molecular flexibility index (Phi) is 7.04. The summed E-state index contributed by atoms with van der Waals surface area (Å²) in [6, 6.07) is 4.46. The van der Waals surface area contributed by atoms with Gasteiger partial charge in [0.2, 0.25) is 0 Å². The van der Waals surface area contributed by atoms with Crippen LogP contribution in [0.1, 0.15) is 24.0 Å². The highest BCUT2D eigenvalue weighted by Crippen LogP contribution is 2.38. The Morgan fingerprint density at radius 3 is 2.03 bits per heavy atom. The van der Waals surface area contributed by atoms with E-state index in [4.69, 9.17) is 0 Å². The Morgan fingerprint density at radius 1 is 0.853 bits per heavy atom. The standard InChI is InChI=1S/C23H27F6N5/c1-32-6-2-3-16(14-32)15-33-7-9-34(10-8-33)21-5-4-20(30-31-21)17-11-18(22(24,25)26)13-19(12-17)23(27,28)29/h4-5,11-13,16H,2-3,6-10,14-15H2,1H3. The van der Waals surface area contributed by atoms with E-state index in [1.165, 1.54) is 18.9 Å². The summed E-state index contributed by atoms with van der Waals surface area (Å²) in [5.41, 5.74) is -3.06. The molecule has 1 aromatic heterocycles. The van der Waals surface area contributed by atoms with Gasteiger partial charge in [0.05, 0.1) is 16.8 Å². The topological polar surface area (TPSA) is 35.5 Å². The van der Waals surface area contributed by atoms with Crippen LogP contribution in [-0.2, 0) is 12.4 Å². The summed E-state index contributed by atoms with van der Waals surface area (Å²) in [6.45, 7) is 6.52. The minimum absolute atomic E-state index is 0.0413. The zero-order chi connectivity index (χ0) is 24.5. The van der Waals surface area contributed by atoms with Gasteiger partial charge in [-0.25, -0.2) is 0 Å². The Labute approximate surface area is 194 Å². The van der Waals surface area contributed by atoms with Crippen molar-refractivity contribution in [3.05, 3.63) is 41.5 Å². The molecule has 0 N–H and O–H groups in total. The molecular weight excluding hydrogens is 460 g/mol. The van der Waals surface area contributed by atoms with Crippen LogP contribution in [0.25, 0.3) is 11.3 Å². The van der Waals surface area contributed by atoms with Gasteiger partial charge in [-0.15, -0.1) is 10.2 Å². The van der Waals surface area contributed by atoms with E-state index in [0.717, 1.165) is 45.8 Å². The number of benzene rings is 1. The largest absolute Gasteiger partial charge is 0.416 e. The van der Waals surface area contributed by atoms with E-state index in [2.05, 4.69) is 27.0 Å². The van der Waals surface area contributed by atoms with Crippen LogP contribution in [0.5, 0.6) is 0 Å². The fourth-order valence-electron chi connectivity index (χ4n) is 4.70. The number of nitrogens with zero attached hydrogens (tertiary/aromatic N) is 5. The number of hydrogen-bond donors (Lipinski definition) is 0. The molecule has 1 atom stereocenters. The molecule has 1 unspecified atom stereocenters. The van der Waals surface area contributed by atoms with Gasteiger partial charge in [0.15, 0.2) is 5.82 Å². The summed E-state index contributed by atoms with van der Waals surface area (Å²) in [5, 5.41) is 8.05. The average Bonchev–Trinajstić information content (AvgIpc) is 2.78. The lowest BCUT2D eigenvalue weighted by atomic mass is 9.97. The van der Waals surface area contributed by atoms with Gasteiger partial charge in [-0.1, -0.05) is 0 Å². The third-order valence-electron chi connectivity index (χ3n) is 6.47. The first-order valence-corrected chi connectivity index (χ1v) is 11.3. The highest BCUT2D eigenvalue weighted by Gasteiger charge is 2.37. The molecule has 34 heavy (non-hydrogen) atoms. The molecule has 2 aliphatic rings. The molecule has 1 aromatic carbocycles. The highest BCUT2D eigenvalue weighted by atomic mass is 19.4. The number of anilines is 1. The molecule has 11 heteroatoms. The van der Waals surface area contributed by atoms with E-state index in [1.807, 2.05) is 4.90 Å². The molecule has 0 saturated carbocycles. The summed E-state index contributed by atoms with van der Waals surface area (Å²) in [6.07, 6.45) is -7.35. The molecule has 0 spiro atoms. The molecule has 3 heterocycles. The highest BCUT2D eigenvalue weighted by molar-refractivity contribution is 5.62. The van der Waals surface area contributed by atoms with Gasteiger partial charge in [-0.05, 0) is 62.7 Å². The van der Waals surface area contributed by atoms with Crippen LogP contribution < -0.4 is 4.90 Å². The minimum Gasteiger partial charge on any atom is -0.353 e. The van der Waals surface area contributed by atoms with Crippen molar-refractivity contribution in [2.24, 2.45) is 5.92 Å². The summed E-state index contributed by atoms with van der Waals surface area (Å²) in [5.74, 6) is 1.22. The van der Waals surface area contributed by atoms with Crippen molar-refractivity contribution < 1.29 is 26.3 Å². The third-order valence-corrected chi connectivity index (χ3v) is 6.47. The molecule has 0 bridgehead atoms. The van der Waals surface area contributed by atoms with E-state index >= 15 is 0 Å². The molecule has 2 aromatic rings. The second kappa shape index (κ2) is 9.69. The van der Waals surface area contributed by atoms with E-state index in [1.54, 1.807) is 6.07 Å². The van der Waals surface area contributed by atoms with Gasteiger partial charge in [-0.2, -0.15) is 26.3 Å². The van der Waals surface area contributed by atoms with Gasteiger partial charge in [-0.3, -0.25) is 4.90 Å². The van der Waals surface area contributed by atoms with Crippen LogP contribution in [-0.4, -0.2) is 72.9 Å². The molecule has 186 valence electrons. The quantitative estimate of drug-likeness (QED) is 0.587. The molecule has 0 aliphatic carbocycles. The summed E-state index contributed by atoms with van der Waals surface area (Å²) in [7, 11) is 2.15. The normalized spacial score (nSPS) is 21.1. The lowest BCUT2D eigenvalue weighted by Crippen LogP contribution is -2.49. The monoisotopic (exact) mass is 487 g/mol. The van der Waals surface area contributed by atoms with Crippen molar-refractivity contribution in [3.63, 3.8) is 0 Å². The first-order chi connectivity index (χ1) is 16.0. The SMILES string of the molecule is CN1CCCC(CN2CCN(c3ccc(-c4cc(C(F)(F)F)cc(C(F)(F)F)c4)nn3)CC2)C1. The maximum atomic E-state index is 13.1. The molecule has 5 nitrogen and oxygen atoms in total. The van der Waals surface area contributed by atoms with Gasteiger partial charge in [0, 0.05) is 44.8 Å². The molecule has 0 amide bonds. The van der Waals surface area contributed by atoms with Gasteiger partial charge in [0.25, 0.3) is 0 Å². The fourth-order valence-corrected chi connectivity index (χ4v) is 4.70. The number of rotatable bonds is 4. The Bertz CT molecular complexity index is 935. The number of hydrogen-bond acceptors (Lipinski definition) is 5. The van der Waals surface area contributed by atoms with Crippen molar-refractivity contribution in [1.82, 2.24) is 20.0 Å². The number of piperazine rings is 1. The van der Waals surface area contributed by atoms with Gasteiger partial charge in [0.1, 0.15) is 0 Å². The summed E-state index contributed by atoms with van der Waals surface area (Å²) >= 11 is 0. The van der Waals surface area contributed by atoms with Crippen molar-refractivity contribution in [3.8, 4) is 11.3 Å². The number of halogens is 6. The smallest absolute Gasteiger partial charge is 0.353 e. The first-order valence-electron chi connectivity index (χ1n) is 11.3. The second-order valence-corrected chi connectivity index (χ2v) is 9.13. The van der Waals surface area contributed by atoms with Crippen molar-refractivity contribution in [2.45, 2.75) is 25.2 Å². The zero-order valence-corrected chi connectivity index (χ0v) is 18.8. The molecule has 0 radical (unpaired) electrons. The van der Waals surface area contributed by atoms with Crippen LogP contribution in [0, 0.1) is 5.92 Å². The Hall–Kier alpha value is -2.40. The summed E-state index contributed by atoms with van der Waals surface area (Å²) in [4.78, 5) is 6.83. The third kappa shape index (κ3) is 5.99. The van der Waals surface area contributed by atoms with Crippen LogP contribution in [0.2, 0.25) is 0 Å². The zero-order valence-electron chi connectivity index (χ0n) is 18.8. The number of aromatic nitrogens is 2. The maximum Gasteiger partial charge on any atom is 0.416 e. The molecule has 2 fully saturated rings. The second-order valence-electron chi connectivity index (χ2n) is 9.13. The van der Waals surface area contributed by atoms with Gasteiger partial charge >= 0.3 is 12.4 Å². The van der Waals surface area contributed by atoms with Crippen LogP contribution in [0.4, 0.5) is 32.2 Å². The van der Waals surface area contributed by atoms with Crippen LogP contribution in [0.3, 0.4) is 0 Å². The lowest BCUT2D eigenvalue weighted by Gasteiger charge is -2.38. The molecule has 2 aliphatic heterocycles. The number of alkyl halides is 6. The Balaban J connectivity index is 1.43. The predicted molar refractivity (Wildman–Crippen MR) is 116 cm³/mol. The van der Waals surface area contributed by atoms with Gasteiger partial charge < -0.3 is 9.80 Å². The number of likely N-dealkylation sites (tertiary alicyclic amines) is 1. The van der Waals surface area contributed by atoms with Crippen molar-refractivity contribution in [1.29, 1.82) is 0 Å². The van der Waals surface area contributed by atoms with Crippen LogP contribution >= 0.6 is 0 Å². The fraction of sp³-hybridized carbons (Fsp3) is 0.565. The van der Waals surface area contributed by atoms with Crippen molar-refractivity contribution >= 4 is 5.82 Å². The first kappa shape index (κ1) is 24.7. The predicted octanol–water partition coefficient (Wildman–Crippen LogP) is 4.65. The minimum atomic E-state index is -4.91. The summed E-state index contributed by atoms with van der Waals surface area (Å²) < 4.78 is 78.8. The van der Waals surface area contributed by atoms with E-state index in [9.17, 15) is 26.3 Å². The molecular formula is C23H27F6N5. The number of piperidine rings is 1. The Morgan fingerprint density at radius 2 is 1.50 bits per heavy atom. The molecule has 4 rings (SSSR count). The van der Waals surface area contributed by atoms with E-state index < -0.39 is 23.5 Å². The molecule has 2 saturated heterocycles. The van der Waals surface area contributed by atoms with E-state index in [0.29, 0.717) is 23.9 Å². The lowest BCUT2D eigenvalue weighted by molar-refractivity contribution is -0.143.